The Morgan fingerprint density at radius 3 is 1.66 bits per heavy atom. The van der Waals surface area contributed by atoms with Gasteiger partial charge in [0.05, 0.1) is 38.5 Å². The minimum absolute atomic E-state index is 0.0897. The zero-order chi connectivity index (χ0) is 41.4. The molecular weight excluding hydrogens is 775 g/mol. The van der Waals surface area contributed by atoms with Crippen molar-refractivity contribution < 1.29 is 0 Å². The summed E-state index contributed by atoms with van der Waals surface area (Å²) in [5.74, 6) is 0.0897. The molecule has 6 bridgehead atoms. The summed E-state index contributed by atoms with van der Waals surface area (Å²) in [7, 11) is 0. The molecule has 5 aliphatic rings. The number of para-hydroxylation sites is 4. The van der Waals surface area contributed by atoms with Gasteiger partial charge in [-0.05, 0) is 93.9 Å². The molecule has 2 atom stereocenters. The lowest BCUT2D eigenvalue weighted by molar-refractivity contribution is 0.797. The van der Waals surface area contributed by atoms with Gasteiger partial charge in [0, 0.05) is 66.4 Å². The molecule has 9 aromatic carbocycles. The Labute approximate surface area is 368 Å². The van der Waals surface area contributed by atoms with Crippen molar-refractivity contribution in [3.8, 4) is 33.6 Å². The van der Waals surface area contributed by atoms with E-state index in [-0.39, 0.29) is 5.92 Å². The molecule has 5 heterocycles. The van der Waals surface area contributed by atoms with Gasteiger partial charge in [0.15, 0.2) is 0 Å². The van der Waals surface area contributed by atoms with Crippen molar-refractivity contribution in [2.45, 2.75) is 17.8 Å². The van der Waals surface area contributed by atoms with E-state index in [0.717, 1.165) is 17.8 Å². The van der Waals surface area contributed by atoms with E-state index < -0.39 is 5.41 Å². The Morgan fingerprint density at radius 2 is 0.938 bits per heavy atom. The predicted molar refractivity (Wildman–Crippen MR) is 265 cm³/mol. The van der Waals surface area contributed by atoms with Crippen LogP contribution in [0.1, 0.15) is 40.2 Å². The van der Waals surface area contributed by atoms with Crippen molar-refractivity contribution in [3.63, 3.8) is 0 Å². The molecule has 3 aromatic heterocycles. The lowest BCUT2D eigenvalue weighted by Crippen LogP contribution is -2.26. The van der Waals surface area contributed by atoms with Gasteiger partial charge in [-0.15, -0.1) is 0 Å². The predicted octanol–water partition coefficient (Wildman–Crippen LogP) is 15.2. The molecule has 2 unspecified atom stereocenters. The maximum atomic E-state index is 2.67. The Kier molecular flexibility index (Phi) is 6.10. The van der Waals surface area contributed by atoms with Crippen LogP contribution in [0.4, 0.5) is 0 Å². The summed E-state index contributed by atoms with van der Waals surface area (Å²) >= 11 is 0. The molecule has 0 radical (unpaired) electrons. The first-order chi connectivity index (χ1) is 31.8. The van der Waals surface area contributed by atoms with Crippen LogP contribution in [0.15, 0.2) is 206 Å². The fraction of sp³-hybridized carbons (Fsp3) is 0.0492. The molecule has 0 amide bonds. The second-order valence-corrected chi connectivity index (χ2v) is 18.2. The van der Waals surface area contributed by atoms with Crippen LogP contribution in [0, 0.1) is 0 Å². The third-order valence-corrected chi connectivity index (χ3v) is 15.5. The number of hydrogen-bond donors (Lipinski definition) is 0. The Morgan fingerprint density at radius 1 is 0.391 bits per heavy atom. The zero-order valence-electron chi connectivity index (χ0n) is 34.8. The molecule has 0 N–H and O–H groups in total. The molecule has 12 aromatic rings. The van der Waals surface area contributed by atoms with E-state index in [1.165, 1.54) is 121 Å². The van der Waals surface area contributed by atoms with E-state index in [9.17, 15) is 0 Å². The van der Waals surface area contributed by atoms with Gasteiger partial charge in [-0.3, -0.25) is 0 Å². The summed E-state index contributed by atoms with van der Waals surface area (Å²) in [4.78, 5) is 0. The van der Waals surface area contributed by atoms with E-state index in [1.54, 1.807) is 0 Å². The molecule has 296 valence electrons. The van der Waals surface area contributed by atoms with Crippen molar-refractivity contribution in [2.75, 3.05) is 0 Å². The Balaban J connectivity index is 1.18. The molecule has 0 fully saturated rings. The van der Waals surface area contributed by atoms with Gasteiger partial charge in [-0.2, -0.15) is 0 Å². The molecule has 2 aliphatic heterocycles. The minimum Gasteiger partial charge on any atom is -0.312 e. The standard InChI is InChI=1S/C61H37N3/c1-7-22-49-38(14-1)43-32-33-47-42-18-4-10-25-53(42)63-37-30-28-36(29-31-37)62-52-24-9-3-15-39(52)44-20-13-21-45(58(44)62)40-16-5-11-26-54(40)64-55-27-12-6-17-41(55)46-34-35-51-56(59(46)64)48-19-2-8-23-50(48)61(49,51)57(43)60(47)63/h1-15,17-35,40H,16H2. The van der Waals surface area contributed by atoms with E-state index in [2.05, 4.69) is 220 Å². The summed E-state index contributed by atoms with van der Waals surface area (Å²) in [6.45, 7) is 0. The minimum atomic E-state index is -0.573. The van der Waals surface area contributed by atoms with Crippen LogP contribution in [-0.4, -0.2) is 13.7 Å². The largest absolute Gasteiger partial charge is 0.312 e. The molecule has 17 rings (SSSR count). The number of benzene rings is 9. The Hall–Kier alpha value is -8.14. The van der Waals surface area contributed by atoms with Crippen LogP contribution in [0.5, 0.6) is 0 Å². The number of nitrogens with zero attached hydrogens (tertiary/aromatic N) is 3. The second kappa shape index (κ2) is 11.7. The van der Waals surface area contributed by atoms with Gasteiger partial charge in [-0.25, -0.2) is 0 Å². The van der Waals surface area contributed by atoms with Crippen LogP contribution in [-0.2, 0) is 5.41 Å². The zero-order valence-corrected chi connectivity index (χ0v) is 34.8. The highest BCUT2D eigenvalue weighted by molar-refractivity contribution is 6.20. The third kappa shape index (κ3) is 3.77. The highest BCUT2D eigenvalue weighted by Crippen LogP contribution is 2.66. The fourth-order valence-corrected chi connectivity index (χ4v) is 13.2. The number of rotatable bonds is 0. The Bertz CT molecular complexity index is 4160. The van der Waals surface area contributed by atoms with Crippen molar-refractivity contribution in [1.82, 2.24) is 13.7 Å². The summed E-state index contributed by atoms with van der Waals surface area (Å²) in [5, 5.41) is 7.67. The number of aromatic nitrogens is 3. The average molecular weight is 812 g/mol. The smallest absolute Gasteiger partial charge is 0.0747 e. The molecule has 3 heteroatoms. The molecule has 1 spiro atoms. The molecule has 0 saturated carbocycles. The van der Waals surface area contributed by atoms with Gasteiger partial charge >= 0.3 is 0 Å². The maximum absolute atomic E-state index is 2.67. The molecule has 3 aliphatic carbocycles. The summed E-state index contributed by atoms with van der Waals surface area (Å²) in [5.41, 5.74) is 22.6. The second-order valence-electron chi connectivity index (χ2n) is 18.2. The SMILES string of the molecule is C1=CCC2C(=C1)n1c3ccccc3c3ccc4c(c31)-c1ccccc1C41c3ccccc3-c3ccc4c5ccccc5n(c4c31)-c1ccc(cc1)-n1c3ccccc3c3cccc2c31. The first-order valence-corrected chi connectivity index (χ1v) is 22.6. The van der Waals surface area contributed by atoms with Crippen LogP contribution in [0.25, 0.3) is 105 Å². The van der Waals surface area contributed by atoms with Gasteiger partial charge in [-0.1, -0.05) is 158 Å². The van der Waals surface area contributed by atoms with Crippen LogP contribution < -0.4 is 0 Å². The first kappa shape index (κ1) is 33.5. The highest BCUT2D eigenvalue weighted by Gasteiger charge is 2.54. The van der Waals surface area contributed by atoms with E-state index in [4.69, 9.17) is 0 Å². The van der Waals surface area contributed by atoms with Crippen molar-refractivity contribution in [1.29, 1.82) is 0 Å². The third-order valence-electron chi connectivity index (χ3n) is 15.5. The van der Waals surface area contributed by atoms with Crippen LogP contribution >= 0.6 is 0 Å². The normalized spacial score (nSPS) is 17.6. The van der Waals surface area contributed by atoms with Crippen molar-refractivity contribution >= 4 is 71.1 Å². The first-order valence-electron chi connectivity index (χ1n) is 22.6. The van der Waals surface area contributed by atoms with Crippen molar-refractivity contribution in [2.24, 2.45) is 0 Å². The summed E-state index contributed by atoms with van der Waals surface area (Å²) in [6.07, 6.45) is 7.97. The topological polar surface area (TPSA) is 14.8 Å². The van der Waals surface area contributed by atoms with E-state index >= 15 is 0 Å². The van der Waals surface area contributed by atoms with Gasteiger partial charge in [0.1, 0.15) is 0 Å². The molecular formula is C61H37N3. The lowest BCUT2D eigenvalue weighted by Gasteiger charge is -2.31. The number of allylic oxidation sites excluding steroid dienone is 4. The van der Waals surface area contributed by atoms with Gasteiger partial charge < -0.3 is 13.7 Å². The van der Waals surface area contributed by atoms with Crippen molar-refractivity contribution in [3.05, 3.63) is 234 Å². The quantitative estimate of drug-likeness (QED) is 0.145. The van der Waals surface area contributed by atoms with E-state index in [0.29, 0.717) is 0 Å². The highest BCUT2D eigenvalue weighted by atomic mass is 15.0. The molecule has 3 nitrogen and oxygen atoms in total. The average Bonchev–Trinajstić information content (AvgIpc) is 4.13. The summed E-state index contributed by atoms with van der Waals surface area (Å²) < 4.78 is 7.79. The molecule has 64 heavy (non-hydrogen) atoms. The van der Waals surface area contributed by atoms with Crippen LogP contribution in [0.2, 0.25) is 0 Å². The lowest BCUT2D eigenvalue weighted by atomic mass is 9.70. The van der Waals surface area contributed by atoms with E-state index in [1.807, 2.05) is 0 Å². The summed E-state index contributed by atoms with van der Waals surface area (Å²) in [6, 6.07) is 72.0. The monoisotopic (exact) mass is 811 g/mol. The molecule has 0 saturated heterocycles. The maximum Gasteiger partial charge on any atom is 0.0747 e. The van der Waals surface area contributed by atoms with Gasteiger partial charge in [0.25, 0.3) is 0 Å². The number of hydrogen-bond acceptors (Lipinski definition) is 0. The number of fused-ring (bicyclic) bond motifs is 11. The van der Waals surface area contributed by atoms with Crippen LogP contribution in [0.3, 0.4) is 0 Å². The van der Waals surface area contributed by atoms with Gasteiger partial charge in [0.2, 0.25) is 0 Å². The fourth-order valence-electron chi connectivity index (χ4n) is 13.2.